The van der Waals surface area contributed by atoms with Crippen molar-refractivity contribution in [2.75, 3.05) is 12.8 Å². The van der Waals surface area contributed by atoms with Crippen molar-refractivity contribution in [3.8, 4) is 0 Å². The van der Waals surface area contributed by atoms with Gasteiger partial charge in [0.25, 0.3) is 5.92 Å². The van der Waals surface area contributed by atoms with E-state index in [1.165, 1.54) is 0 Å². The summed E-state index contributed by atoms with van der Waals surface area (Å²) in [5.74, 6) is -2.56. The fourth-order valence-corrected chi connectivity index (χ4v) is 3.53. The third-order valence-electron chi connectivity index (χ3n) is 4.19. The van der Waals surface area contributed by atoms with Gasteiger partial charge in [-0.1, -0.05) is 23.6 Å². The Bertz CT molecular complexity index is 664. The molecule has 0 fully saturated rings. The standard InChI is InChI=1S/C16H20F2N2S/c1-11-3-4-14-12(9-11)13-10-16(17,18)6-5-15(13)20(14)8-7-19-21-2/h3-4,9,19H,5-8,10H2,1-2H3. The van der Waals surface area contributed by atoms with Crippen LogP contribution >= 0.6 is 11.9 Å². The van der Waals surface area contributed by atoms with E-state index in [0.717, 1.165) is 40.8 Å². The number of nitrogens with zero attached hydrogens (tertiary/aromatic N) is 1. The van der Waals surface area contributed by atoms with Crippen LogP contribution in [0.15, 0.2) is 18.2 Å². The third-order valence-corrected chi connectivity index (χ3v) is 4.68. The lowest BCUT2D eigenvalue weighted by Gasteiger charge is -2.23. The summed E-state index contributed by atoms with van der Waals surface area (Å²) in [6.07, 6.45) is 2.30. The van der Waals surface area contributed by atoms with E-state index in [4.69, 9.17) is 0 Å². The lowest BCUT2D eigenvalue weighted by atomic mass is 9.92. The molecule has 1 aliphatic rings. The van der Waals surface area contributed by atoms with Crippen molar-refractivity contribution in [1.29, 1.82) is 0 Å². The second-order valence-electron chi connectivity index (χ2n) is 5.73. The molecule has 0 amide bonds. The summed E-state index contributed by atoms with van der Waals surface area (Å²) in [5.41, 5.74) is 4.17. The van der Waals surface area contributed by atoms with Crippen LogP contribution in [0.5, 0.6) is 0 Å². The maximum absolute atomic E-state index is 13.8. The number of benzene rings is 1. The molecule has 0 saturated heterocycles. The van der Waals surface area contributed by atoms with E-state index >= 15 is 0 Å². The number of fused-ring (bicyclic) bond motifs is 3. The van der Waals surface area contributed by atoms with Crippen molar-refractivity contribution < 1.29 is 8.78 Å². The zero-order valence-electron chi connectivity index (χ0n) is 12.4. The van der Waals surface area contributed by atoms with E-state index in [-0.39, 0.29) is 12.8 Å². The van der Waals surface area contributed by atoms with Gasteiger partial charge >= 0.3 is 0 Å². The summed E-state index contributed by atoms with van der Waals surface area (Å²) >= 11 is 1.59. The molecule has 21 heavy (non-hydrogen) atoms. The Kier molecular flexibility index (Phi) is 3.97. The molecule has 1 aliphatic carbocycles. The minimum absolute atomic E-state index is 0.0364. The molecule has 5 heteroatoms. The highest BCUT2D eigenvalue weighted by Gasteiger charge is 2.37. The van der Waals surface area contributed by atoms with Crippen LogP contribution in [0.4, 0.5) is 8.78 Å². The fraction of sp³-hybridized carbons (Fsp3) is 0.500. The number of nitrogens with one attached hydrogen (secondary N) is 1. The molecule has 1 aromatic carbocycles. The van der Waals surface area contributed by atoms with Crippen LogP contribution in [-0.4, -0.2) is 23.3 Å². The predicted molar refractivity (Wildman–Crippen MR) is 85.2 cm³/mol. The normalized spacial score (nSPS) is 17.1. The summed E-state index contributed by atoms with van der Waals surface area (Å²) in [7, 11) is 0. The van der Waals surface area contributed by atoms with Gasteiger partial charge in [0, 0.05) is 42.5 Å². The second-order valence-corrected chi connectivity index (χ2v) is 6.43. The number of halogens is 2. The zero-order chi connectivity index (χ0) is 15.0. The molecule has 114 valence electrons. The van der Waals surface area contributed by atoms with Crippen molar-refractivity contribution in [2.45, 2.75) is 38.7 Å². The first kappa shape index (κ1) is 14.9. The molecule has 0 unspecified atom stereocenters. The average Bonchev–Trinajstić information content (AvgIpc) is 2.71. The van der Waals surface area contributed by atoms with Crippen molar-refractivity contribution >= 4 is 22.9 Å². The van der Waals surface area contributed by atoms with Crippen molar-refractivity contribution in [2.24, 2.45) is 0 Å². The van der Waals surface area contributed by atoms with Crippen LogP contribution in [0.25, 0.3) is 10.9 Å². The molecule has 1 heterocycles. The molecule has 2 nitrogen and oxygen atoms in total. The first-order valence-electron chi connectivity index (χ1n) is 7.26. The second kappa shape index (κ2) is 5.61. The minimum Gasteiger partial charge on any atom is -0.343 e. The molecular weight excluding hydrogens is 290 g/mol. The van der Waals surface area contributed by atoms with Crippen LogP contribution < -0.4 is 4.72 Å². The smallest absolute Gasteiger partial charge is 0.252 e. The van der Waals surface area contributed by atoms with Crippen molar-refractivity contribution in [3.63, 3.8) is 0 Å². The number of hydrogen-bond donors (Lipinski definition) is 1. The van der Waals surface area contributed by atoms with Gasteiger partial charge in [0.15, 0.2) is 0 Å². The first-order chi connectivity index (χ1) is 10.0. The number of rotatable bonds is 4. The fourth-order valence-electron chi connectivity index (χ4n) is 3.24. The van der Waals surface area contributed by atoms with E-state index < -0.39 is 5.92 Å². The summed E-state index contributed by atoms with van der Waals surface area (Å²) in [4.78, 5) is 0. The maximum Gasteiger partial charge on any atom is 0.252 e. The van der Waals surface area contributed by atoms with Crippen LogP contribution in [-0.2, 0) is 19.4 Å². The Hall–Kier alpha value is -1.07. The van der Waals surface area contributed by atoms with Gasteiger partial charge in [-0.05, 0) is 37.3 Å². The maximum atomic E-state index is 13.8. The van der Waals surface area contributed by atoms with Gasteiger partial charge < -0.3 is 4.57 Å². The van der Waals surface area contributed by atoms with Gasteiger partial charge in [-0.2, -0.15) is 0 Å². The van der Waals surface area contributed by atoms with E-state index in [9.17, 15) is 8.78 Å². The van der Waals surface area contributed by atoms with Crippen LogP contribution in [0.2, 0.25) is 0 Å². The molecule has 0 radical (unpaired) electrons. The van der Waals surface area contributed by atoms with Crippen LogP contribution in [0.3, 0.4) is 0 Å². The molecule has 1 aromatic heterocycles. The Morgan fingerprint density at radius 1 is 1.38 bits per heavy atom. The molecule has 0 aliphatic heterocycles. The van der Waals surface area contributed by atoms with E-state index in [1.54, 1.807) is 11.9 Å². The Balaban J connectivity index is 2.09. The van der Waals surface area contributed by atoms with Gasteiger partial charge in [0.1, 0.15) is 0 Å². The van der Waals surface area contributed by atoms with Crippen molar-refractivity contribution in [1.82, 2.24) is 9.29 Å². The van der Waals surface area contributed by atoms with Gasteiger partial charge in [0.2, 0.25) is 0 Å². The number of hydrogen-bond acceptors (Lipinski definition) is 2. The molecule has 0 bridgehead atoms. The molecule has 0 spiro atoms. The minimum atomic E-state index is -2.56. The average molecular weight is 310 g/mol. The molecule has 3 rings (SSSR count). The van der Waals surface area contributed by atoms with E-state index in [2.05, 4.69) is 21.4 Å². The van der Waals surface area contributed by atoms with Gasteiger partial charge in [0.05, 0.1) is 0 Å². The van der Waals surface area contributed by atoms with E-state index in [1.807, 2.05) is 19.2 Å². The van der Waals surface area contributed by atoms with Gasteiger partial charge in [-0.3, -0.25) is 4.72 Å². The molecule has 0 atom stereocenters. The predicted octanol–water partition coefficient (Wildman–Crippen LogP) is 3.94. The highest BCUT2D eigenvalue weighted by atomic mass is 32.2. The van der Waals surface area contributed by atoms with Crippen LogP contribution in [0.1, 0.15) is 23.2 Å². The summed E-state index contributed by atoms with van der Waals surface area (Å²) in [6.45, 7) is 3.67. The Morgan fingerprint density at radius 2 is 2.19 bits per heavy atom. The number of aromatic nitrogens is 1. The Labute approximate surface area is 128 Å². The Morgan fingerprint density at radius 3 is 2.95 bits per heavy atom. The summed E-state index contributed by atoms with van der Waals surface area (Å²) < 4.78 is 33.1. The third kappa shape index (κ3) is 2.81. The van der Waals surface area contributed by atoms with Gasteiger partial charge in [-0.15, -0.1) is 0 Å². The van der Waals surface area contributed by atoms with E-state index in [0.29, 0.717) is 6.42 Å². The number of alkyl halides is 2. The van der Waals surface area contributed by atoms with Gasteiger partial charge in [-0.25, -0.2) is 8.78 Å². The molecule has 1 N–H and O–H groups in total. The topological polar surface area (TPSA) is 17.0 Å². The summed E-state index contributed by atoms with van der Waals surface area (Å²) in [5, 5.41) is 1.01. The molecule has 0 saturated carbocycles. The first-order valence-corrected chi connectivity index (χ1v) is 8.48. The highest BCUT2D eigenvalue weighted by molar-refractivity contribution is 7.96. The number of aryl methyl sites for hydroxylation is 1. The highest BCUT2D eigenvalue weighted by Crippen LogP contribution is 2.38. The molecule has 2 aromatic rings. The lowest BCUT2D eigenvalue weighted by molar-refractivity contribution is -0.0125. The quantitative estimate of drug-likeness (QED) is 0.680. The van der Waals surface area contributed by atoms with Crippen LogP contribution in [0, 0.1) is 6.92 Å². The monoisotopic (exact) mass is 310 g/mol. The SMILES string of the molecule is CSNCCn1c2c(c3cc(C)ccc31)CC(F)(F)CC2. The largest absolute Gasteiger partial charge is 0.343 e. The lowest BCUT2D eigenvalue weighted by Crippen LogP contribution is -2.27. The van der Waals surface area contributed by atoms with Crippen molar-refractivity contribution in [3.05, 3.63) is 35.0 Å². The zero-order valence-corrected chi connectivity index (χ0v) is 13.2. The molecular formula is C16H20F2N2S. The summed E-state index contributed by atoms with van der Waals surface area (Å²) in [6, 6.07) is 6.18.